The van der Waals surface area contributed by atoms with Crippen molar-refractivity contribution in [2.75, 3.05) is 6.54 Å². The lowest BCUT2D eigenvalue weighted by molar-refractivity contribution is 0.526. The van der Waals surface area contributed by atoms with Gasteiger partial charge in [-0.05, 0) is 6.08 Å². The molecule has 0 aliphatic carbocycles. The first-order chi connectivity index (χ1) is 3.77. The Labute approximate surface area is 49.0 Å². The van der Waals surface area contributed by atoms with Crippen molar-refractivity contribution in [1.29, 1.82) is 0 Å². The first-order valence-electron chi connectivity index (χ1n) is 1.85. The largest absolute Gasteiger partial charge is 0.760 e. The summed E-state index contributed by atoms with van der Waals surface area (Å²) >= 11 is -2.28. The standard InChI is InChI=1S/C3H6FNO2S/c4-2-1-3-5-8(6)7/h1-2,5H,3H2,(H,6,7)/p-1. The van der Waals surface area contributed by atoms with Crippen LogP contribution in [-0.2, 0) is 11.3 Å². The smallest absolute Gasteiger partial charge is 0.0840 e. The van der Waals surface area contributed by atoms with Gasteiger partial charge in [0.15, 0.2) is 0 Å². The Balaban J connectivity index is 3.05. The fraction of sp³-hybridized carbons (Fsp3) is 0.333. The summed E-state index contributed by atoms with van der Waals surface area (Å²) in [6, 6.07) is 0. The van der Waals surface area contributed by atoms with Crippen LogP contribution in [0, 0.1) is 0 Å². The molecule has 0 bridgehead atoms. The Bertz CT molecular complexity index is 105. The van der Waals surface area contributed by atoms with Gasteiger partial charge in [-0.15, -0.1) is 0 Å². The molecule has 0 aliphatic rings. The van der Waals surface area contributed by atoms with E-state index < -0.39 is 11.3 Å². The normalized spacial score (nSPS) is 14.8. The number of halogens is 1. The van der Waals surface area contributed by atoms with Crippen LogP contribution < -0.4 is 4.72 Å². The summed E-state index contributed by atoms with van der Waals surface area (Å²) in [6.45, 7) is 0.00656. The van der Waals surface area contributed by atoms with E-state index in [2.05, 4.69) is 0 Å². The van der Waals surface area contributed by atoms with Gasteiger partial charge in [0, 0.05) is 17.8 Å². The van der Waals surface area contributed by atoms with Crippen molar-refractivity contribution >= 4 is 11.3 Å². The van der Waals surface area contributed by atoms with Crippen LogP contribution in [0.25, 0.3) is 0 Å². The Morgan fingerprint density at radius 2 is 2.50 bits per heavy atom. The van der Waals surface area contributed by atoms with Gasteiger partial charge >= 0.3 is 0 Å². The molecule has 0 aromatic heterocycles. The van der Waals surface area contributed by atoms with Crippen molar-refractivity contribution in [3.8, 4) is 0 Å². The summed E-state index contributed by atoms with van der Waals surface area (Å²) in [4.78, 5) is 0. The van der Waals surface area contributed by atoms with Gasteiger partial charge < -0.3 is 4.55 Å². The Morgan fingerprint density at radius 3 is 2.88 bits per heavy atom. The van der Waals surface area contributed by atoms with Crippen LogP contribution in [0.3, 0.4) is 0 Å². The van der Waals surface area contributed by atoms with Crippen molar-refractivity contribution in [3.63, 3.8) is 0 Å². The van der Waals surface area contributed by atoms with Crippen LogP contribution in [0.5, 0.6) is 0 Å². The van der Waals surface area contributed by atoms with Gasteiger partial charge in [0.1, 0.15) is 0 Å². The molecule has 0 fully saturated rings. The van der Waals surface area contributed by atoms with Gasteiger partial charge in [0.2, 0.25) is 0 Å². The average molecular weight is 138 g/mol. The molecule has 1 atom stereocenters. The fourth-order valence-electron chi connectivity index (χ4n) is 0.161. The van der Waals surface area contributed by atoms with Crippen LogP contribution in [0.1, 0.15) is 0 Å². The summed E-state index contributed by atoms with van der Waals surface area (Å²) in [5, 5.41) is 0. The summed E-state index contributed by atoms with van der Waals surface area (Å²) in [5.41, 5.74) is 0. The molecule has 0 aromatic rings. The maximum absolute atomic E-state index is 11.0. The Kier molecular flexibility index (Phi) is 4.73. The van der Waals surface area contributed by atoms with Crippen molar-refractivity contribution in [2.24, 2.45) is 0 Å². The summed E-state index contributed by atoms with van der Waals surface area (Å²) in [6.07, 6.45) is 1.33. The van der Waals surface area contributed by atoms with E-state index in [0.29, 0.717) is 0 Å². The predicted octanol–water partition coefficient (Wildman–Crippen LogP) is -0.147. The Hall–Kier alpha value is -0.260. The van der Waals surface area contributed by atoms with Gasteiger partial charge in [0.05, 0.1) is 6.33 Å². The van der Waals surface area contributed by atoms with Crippen LogP contribution in [0.15, 0.2) is 12.4 Å². The minimum Gasteiger partial charge on any atom is -0.760 e. The lowest BCUT2D eigenvalue weighted by Crippen LogP contribution is -2.15. The first-order valence-corrected chi connectivity index (χ1v) is 2.93. The zero-order chi connectivity index (χ0) is 6.41. The zero-order valence-electron chi connectivity index (χ0n) is 3.96. The fourth-order valence-corrected chi connectivity index (χ4v) is 0.393. The van der Waals surface area contributed by atoms with E-state index in [1.165, 1.54) is 0 Å². The van der Waals surface area contributed by atoms with Crippen LogP contribution >= 0.6 is 0 Å². The molecule has 3 nitrogen and oxygen atoms in total. The second-order valence-corrected chi connectivity index (χ2v) is 1.70. The van der Waals surface area contributed by atoms with Crippen molar-refractivity contribution in [2.45, 2.75) is 0 Å². The third-order valence-corrected chi connectivity index (χ3v) is 0.810. The number of nitrogens with one attached hydrogen (secondary N) is 1. The molecule has 0 saturated heterocycles. The Morgan fingerprint density at radius 1 is 1.88 bits per heavy atom. The number of hydrogen-bond acceptors (Lipinski definition) is 2. The second kappa shape index (κ2) is 4.89. The summed E-state index contributed by atoms with van der Waals surface area (Å²) in [5.74, 6) is 0. The minimum atomic E-state index is -2.28. The average Bonchev–Trinajstić information content (AvgIpc) is 1.66. The van der Waals surface area contributed by atoms with Gasteiger partial charge in [-0.3, -0.25) is 4.21 Å². The van der Waals surface area contributed by atoms with Gasteiger partial charge in [-0.2, -0.15) is 0 Å². The SMILES string of the molecule is O=S([O-])NCC=CF. The van der Waals surface area contributed by atoms with E-state index in [4.69, 9.17) is 0 Å². The maximum Gasteiger partial charge on any atom is 0.0840 e. The van der Waals surface area contributed by atoms with E-state index in [-0.39, 0.29) is 12.9 Å². The van der Waals surface area contributed by atoms with Crippen LogP contribution in [0.4, 0.5) is 4.39 Å². The number of hydrogen-bond donors (Lipinski definition) is 1. The predicted molar refractivity (Wildman–Crippen MR) is 27.2 cm³/mol. The quantitative estimate of drug-likeness (QED) is 0.551. The molecule has 0 aromatic carbocycles. The summed E-state index contributed by atoms with van der Waals surface area (Å²) in [7, 11) is 0. The maximum atomic E-state index is 11.0. The molecule has 48 valence electrons. The second-order valence-electron chi connectivity index (χ2n) is 0.945. The lowest BCUT2D eigenvalue weighted by Gasteiger charge is -2.01. The molecular formula is C3H5FNO2S-. The van der Waals surface area contributed by atoms with Gasteiger partial charge in [0.25, 0.3) is 0 Å². The highest BCUT2D eigenvalue weighted by molar-refractivity contribution is 7.77. The van der Waals surface area contributed by atoms with Gasteiger partial charge in [-0.25, -0.2) is 9.11 Å². The van der Waals surface area contributed by atoms with E-state index in [9.17, 15) is 13.2 Å². The van der Waals surface area contributed by atoms with E-state index in [1.54, 1.807) is 0 Å². The molecule has 0 amide bonds. The van der Waals surface area contributed by atoms with E-state index in [0.717, 1.165) is 6.08 Å². The lowest BCUT2D eigenvalue weighted by atomic mass is 10.7. The van der Waals surface area contributed by atoms with Crippen LogP contribution in [0.2, 0.25) is 0 Å². The molecule has 0 heterocycles. The van der Waals surface area contributed by atoms with E-state index >= 15 is 0 Å². The van der Waals surface area contributed by atoms with Crippen molar-refractivity contribution in [1.82, 2.24) is 4.72 Å². The first kappa shape index (κ1) is 7.74. The third kappa shape index (κ3) is 5.74. The van der Waals surface area contributed by atoms with E-state index in [1.807, 2.05) is 4.72 Å². The van der Waals surface area contributed by atoms with Crippen molar-refractivity contribution in [3.05, 3.63) is 12.4 Å². The molecule has 1 unspecified atom stereocenters. The van der Waals surface area contributed by atoms with Gasteiger partial charge in [-0.1, -0.05) is 0 Å². The molecular weight excluding hydrogens is 133 g/mol. The van der Waals surface area contributed by atoms with Crippen LogP contribution in [-0.4, -0.2) is 15.3 Å². The third-order valence-electron chi connectivity index (χ3n) is 0.408. The molecule has 0 spiro atoms. The monoisotopic (exact) mass is 138 g/mol. The van der Waals surface area contributed by atoms with Crippen molar-refractivity contribution < 1.29 is 13.2 Å². The zero-order valence-corrected chi connectivity index (χ0v) is 4.78. The highest BCUT2D eigenvalue weighted by Gasteiger charge is 1.74. The molecule has 8 heavy (non-hydrogen) atoms. The highest BCUT2D eigenvalue weighted by Crippen LogP contribution is 1.69. The molecule has 0 radical (unpaired) electrons. The molecule has 0 rings (SSSR count). The topological polar surface area (TPSA) is 52.2 Å². The summed E-state index contributed by atoms with van der Waals surface area (Å²) < 4.78 is 32.2. The molecule has 1 N–H and O–H groups in total. The molecule has 0 aliphatic heterocycles. The highest BCUT2D eigenvalue weighted by atomic mass is 32.2. The number of rotatable bonds is 3. The minimum absolute atomic E-state index is 0.00656. The molecule has 0 saturated carbocycles. The molecule has 5 heteroatoms.